The molecule has 3 rings (SSSR count). The largest absolute Gasteiger partial charge is 0.289 e. The van der Waals surface area contributed by atoms with Crippen molar-refractivity contribution in [3.63, 3.8) is 0 Å². The normalized spacial score (nSPS) is 11.0. The fourth-order valence-corrected chi connectivity index (χ4v) is 2.85. The van der Waals surface area contributed by atoms with Gasteiger partial charge in [-0.05, 0) is 60.4 Å². The number of Topliss-reactive ketones (excluding diaryl/α,β-unsaturated/α-hetero) is 1. The highest BCUT2D eigenvalue weighted by atomic mass is 19.1. The van der Waals surface area contributed by atoms with Crippen molar-refractivity contribution in [3.05, 3.63) is 113 Å². The minimum absolute atomic E-state index is 0.124. The molecule has 132 valence electrons. The van der Waals surface area contributed by atoms with Gasteiger partial charge in [-0.3, -0.25) is 4.79 Å². The van der Waals surface area contributed by atoms with E-state index in [-0.39, 0.29) is 11.6 Å². The van der Waals surface area contributed by atoms with E-state index >= 15 is 0 Å². The number of hydrogen-bond acceptors (Lipinski definition) is 2. The summed E-state index contributed by atoms with van der Waals surface area (Å²) in [5, 5.41) is 8.87. The molecule has 0 fully saturated rings. The minimum Gasteiger partial charge on any atom is -0.289 e. The predicted molar refractivity (Wildman–Crippen MR) is 105 cm³/mol. The zero-order valence-electron chi connectivity index (χ0n) is 14.7. The predicted octanol–water partition coefficient (Wildman–Crippen LogP) is 5.60. The van der Waals surface area contributed by atoms with Gasteiger partial charge in [0.1, 0.15) is 5.82 Å². The van der Waals surface area contributed by atoms with E-state index in [1.807, 2.05) is 48.5 Å². The van der Waals surface area contributed by atoms with E-state index in [1.54, 1.807) is 12.1 Å². The molecule has 0 radical (unpaired) electrons. The van der Waals surface area contributed by atoms with Gasteiger partial charge < -0.3 is 0 Å². The van der Waals surface area contributed by atoms with Crippen molar-refractivity contribution in [2.45, 2.75) is 12.8 Å². The molecule has 0 heterocycles. The summed E-state index contributed by atoms with van der Waals surface area (Å²) in [6.07, 6.45) is 3.38. The van der Waals surface area contributed by atoms with Gasteiger partial charge in [-0.15, -0.1) is 0 Å². The number of benzene rings is 3. The third-order valence-corrected chi connectivity index (χ3v) is 4.30. The Labute approximate surface area is 158 Å². The van der Waals surface area contributed by atoms with E-state index in [4.69, 9.17) is 5.26 Å². The van der Waals surface area contributed by atoms with E-state index in [0.29, 0.717) is 23.1 Å². The molecule has 3 heteroatoms. The van der Waals surface area contributed by atoms with Gasteiger partial charge in [0.2, 0.25) is 0 Å². The third kappa shape index (κ3) is 4.77. The van der Waals surface area contributed by atoms with Crippen molar-refractivity contribution in [2.75, 3.05) is 0 Å². The van der Waals surface area contributed by atoms with Crippen LogP contribution < -0.4 is 0 Å². The fourth-order valence-electron chi connectivity index (χ4n) is 2.85. The molecule has 0 spiro atoms. The molecule has 0 saturated heterocycles. The van der Waals surface area contributed by atoms with Gasteiger partial charge in [0.25, 0.3) is 0 Å². The van der Waals surface area contributed by atoms with Crippen LogP contribution in [0.4, 0.5) is 4.39 Å². The van der Waals surface area contributed by atoms with Gasteiger partial charge in [0.15, 0.2) is 5.78 Å². The van der Waals surface area contributed by atoms with Crippen molar-refractivity contribution in [1.82, 2.24) is 0 Å². The molecule has 0 aromatic heterocycles. The first-order valence-corrected chi connectivity index (χ1v) is 8.72. The van der Waals surface area contributed by atoms with E-state index in [2.05, 4.69) is 6.07 Å². The molecule has 0 aliphatic heterocycles. The van der Waals surface area contributed by atoms with E-state index < -0.39 is 0 Å². The summed E-state index contributed by atoms with van der Waals surface area (Å²) in [6.45, 7) is 0. The summed E-state index contributed by atoms with van der Waals surface area (Å²) < 4.78 is 13.2. The van der Waals surface area contributed by atoms with Crippen LogP contribution in [0.25, 0.3) is 5.57 Å². The van der Waals surface area contributed by atoms with Crippen LogP contribution in [-0.2, 0) is 6.42 Å². The number of nitrogens with zero attached hydrogens (tertiary/aromatic N) is 1. The summed E-state index contributed by atoms with van der Waals surface area (Å²) >= 11 is 0. The quantitative estimate of drug-likeness (QED) is 0.427. The minimum atomic E-state index is -0.363. The molecule has 2 nitrogen and oxygen atoms in total. The van der Waals surface area contributed by atoms with Crippen molar-refractivity contribution in [1.29, 1.82) is 5.26 Å². The van der Waals surface area contributed by atoms with Gasteiger partial charge in [-0.25, -0.2) is 4.39 Å². The summed E-state index contributed by atoms with van der Waals surface area (Å²) in [6, 6.07) is 24.6. The highest BCUT2D eigenvalue weighted by Gasteiger charge is 2.14. The first-order chi connectivity index (χ1) is 13.2. The maximum absolute atomic E-state index is 13.2. The molecular formula is C24H18FNO. The van der Waals surface area contributed by atoms with Crippen LogP contribution in [0.2, 0.25) is 0 Å². The highest BCUT2D eigenvalue weighted by Crippen LogP contribution is 2.21. The zero-order valence-corrected chi connectivity index (χ0v) is 14.7. The topological polar surface area (TPSA) is 40.9 Å². The first kappa shape index (κ1) is 18.3. The second-order valence-corrected chi connectivity index (χ2v) is 6.17. The maximum Gasteiger partial charge on any atom is 0.193 e. The molecule has 0 bridgehead atoms. The van der Waals surface area contributed by atoms with Gasteiger partial charge in [0.05, 0.1) is 11.6 Å². The van der Waals surface area contributed by atoms with Gasteiger partial charge in [-0.1, -0.05) is 48.5 Å². The lowest BCUT2D eigenvalue weighted by Gasteiger charge is -2.08. The monoisotopic (exact) mass is 355 g/mol. The standard InChI is InChI=1S/C24H18FNO/c25-22-15-13-21(14-16-22)24(27)23(20-6-2-1-3-7-20)8-4-5-18-9-11-19(17-26)12-10-18/h1-3,6-16H,4-5H2. The average Bonchev–Trinajstić information content (AvgIpc) is 2.72. The highest BCUT2D eigenvalue weighted by molar-refractivity contribution is 6.28. The van der Waals surface area contributed by atoms with Crippen LogP contribution in [0, 0.1) is 17.1 Å². The van der Waals surface area contributed by atoms with Gasteiger partial charge in [-0.2, -0.15) is 5.26 Å². The molecule has 0 amide bonds. The number of aryl methyl sites for hydroxylation is 1. The third-order valence-electron chi connectivity index (χ3n) is 4.30. The summed E-state index contributed by atoms with van der Waals surface area (Å²) in [4.78, 5) is 13.0. The van der Waals surface area contributed by atoms with Gasteiger partial charge in [0, 0.05) is 11.1 Å². The first-order valence-electron chi connectivity index (χ1n) is 8.72. The van der Waals surface area contributed by atoms with Crippen molar-refractivity contribution in [3.8, 4) is 6.07 Å². The van der Waals surface area contributed by atoms with Crippen LogP contribution in [0.15, 0.2) is 84.9 Å². The van der Waals surface area contributed by atoms with Crippen LogP contribution in [0.5, 0.6) is 0 Å². The van der Waals surface area contributed by atoms with E-state index in [9.17, 15) is 9.18 Å². The summed E-state index contributed by atoms with van der Waals surface area (Å²) in [5.41, 5.74) is 3.64. The molecule has 27 heavy (non-hydrogen) atoms. The summed E-state index contributed by atoms with van der Waals surface area (Å²) in [7, 11) is 0. The van der Waals surface area contributed by atoms with Crippen molar-refractivity contribution in [2.24, 2.45) is 0 Å². The fraction of sp³-hybridized carbons (Fsp3) is 0.0833. The number of allylic oxidation sites excluding steroid dienone is 2. The Hall–Kier alpha value is -3.51. The zero-order chi connectivity index (χ0) is 19.1. The lowest BCUT2D eigenvalue weighted by atomic mass is 9.95. The van der Waals surface area contributed by atoms with E-state index in [1.165, 1.54) is 24.3 Å². The number of ketones is 1. The molecule has 3 aromatic carbocycles. The lowest BCUT2D eigenvalue weighted by molar-refractivity contribution is 0.105. The molecule has 0 unspecified atom stereocenters. The Balaban J connectivity index is 1.83. The molecule has 0 aliphatic carbocycles. The number of rotatable bonds is 6. The Morgan fingerprint density at radius 3 is 2.19 bits per heavy atom. The van der Waals surface area contributed by atoms with Crippen molar-refractivity contribution >= 4 is 11.4 Å². The number of hydrogen-bond donors (Lipinski definition) is 0. The lowest BCUT2D eigenvalue weighted by Crippen LogP contribution is -2.03. The number of carbonyl (C=O) groups excluding carboxylic acids is 1. The molecule has 0 atom stereocenters. The van der Waals surface area contributed by atoms with E-state index in [0.717, 1.165) is 17.5 Å². The second kappa shape index (κ2) is 8.73. The molecule has 3 aromatic rings. The average molecular weight is 355 g/mol. The molecule has 0 saturated carbocycles. The van der Waals surface area contributed by atoms with Crippen LogP contribution in [0.3, 0.4) is 0 Å². The van der Waals surface area contributed by atoms with Crippen LogP contribution in [0.1, 0.15) is 33.5 Å². The van der Waals surface area contributed by atoms with Crippen LogP contribution >= 0.6 is 0 Å². The SMILES string of the molecule is N#Cc1ccc(CCC=C(C(=O)c2ccc(F)cc2)c2ccccc2)cc1. The molecule has 0 N–H and O–H groups in total. The second-order valence-electron chi connectivity index (χ2n) is 6.17. The van der Waals surface area contributed by atoms with Crippen molar-refractivity contribution < 1.29 is 9.18 Å². The number of carbonyl (C=O) groups is 1. The Morgan fingerprint density at radius 1 is 0.889 bits per heavy atom. The Morgan fingerprint density at radius 2 is 1.56 bits per heavy atom. The smallest absolute Gasteiger partial charge is 0.193 e. The summed E-state index contributed by atoms with van der Waals surface area (Å²) in [5.74, 6) is -0.487. The molecule has 0 aliphatic rings. The Kier molecular flexibility index (Phi) is 5.91. The van der Waals surface area contributed by atoms with Gasteiger partial charge >= 0.3 is 0 Å². The molecular weight excluding hydrogens is 337 g/mol. The van der Waals surface area contributed by atoms with Crippen LogP contribution in [-0.4, -0.2) is 5.78 Å². The maximum atomic E-state index is 13.2. The Bertz CT molecular complexity index is 981. The number of halogens is 1. The number of nitriles is 1.